The summed E-state index contributed by atoms with van der Waals surface area (Å²) < 4.78 is 14.3. The second-order valence-electron chi connectivity index (χ2n) is 8.06. The summed E-state index contributed by atoms with van der Waals surface area (Å²) in [6.07, 6.45) is 0. The Bertz CT molecular complexity index is 834. The van der Waals surface area contributed by atoms with Gasteiger partial charge in [0.15, 0.2) is 0 Å². The SMILES string of the molecule is COC(=O)[C@H](C)CO.COC(=O)[C@H](C)COCc1ccccc1.PP(P)P(P)P(P(P(P)P)P(P)P)P(P(P)P)P(P)P. The van der Waals surface area contributed by atoms with Gasteiger partial charge in [0.1, 0.15) is 0 Å². The molecule has 1 N–H and O–H groups in total. The maximum Gasteiger partial charge on any atom is 0.310 e. The van der Waals surface area contributed by atoms with Crippen molar-refractivity contribution in [1.82, 2.24) is 0 Å². The minimum Gasteiger partial charge on any atom is -0.469 e. The predicted molar refractivity (Wildman–Crippen MR) is 255 cm³/mol. The van der Waals surface area contributed by atoms with E-state index in [1.165, 1.54) is 14.2 Å². The van der Waals surface area contributed by atoms with Crippen molar-refractivity contribution in [3.05, 3.63) is 35.9 Å². The van der Waals surface area contributed by atoms with Crippen molar-refractivity contribution in [2.75, 3.05) is 27.4 Å². The minimum absolute atomic E-state index is 0.0247. The van der Waals surface area contributed by atoms with Crippen LogP contribution in [0.3, 0.4) is 0 Å². The summed E-state index contributed by atoms with van der Waals surface area (Å²) in [5.41, 5.74) is 1.11. The van der Waals surface area contributed by atoms with Crippen LogP contribution in [0.4, 0.5) is 0 Å². The van der Waals surface area contributed by atoms with Crippen LogP contribution in [-0.2, 0) is 30.4 Å². The molecule has 0 saturated carbocycles. The summed E-state index contributed by atoms with van der Waals surface area (Å²) in [4.78, 5) is 21.4. The van der Waals surface area contributed by atoms with Crippen molar-refractivity contribution in [3.8, 4) is 0 Å². The highest BCUT2D eigenvalue weighted by atomic mass is 33.4. The molecule has 1 aromatic carbocycles. The number of rotatable bonds is 15. The van der Waals surface area contributed by atoms with E-state index in [2.05, 4.69) is 108 Å². The number of aliphatic hydroxyl groups is 1. The molecule has 6 nitrogen and oxygen atoms in total. The van der Waals surface area contributed by atoms with E-state index in [1.807, 2.05) is 30.3 Å². The van der Waals surface area contributed by atoms with Gasteiger partial charge in [0.05, 0.1) is 45.9 Å². The van der Waals surface area contributed by atoms with Crippen LogP contribution in [0, 0.1) is 11.8 Å². The van der Waals surface area contributed by atoms with Crippen LogP contribution in [0.15, 0.2) is 30.3 Å². The maximum atomic E-state index is 11.1. The Morgan fingerprint density at radius 1 is 0.674 bits per heavy atom. The number of ether oxygens (including phenoxy) is 3. The van der Waals surface area contributed by atoms with Gasteiger partial charge < -0.3 is 19.3 Å². The molecule has 14 atom stereocenters. The molecule has 26 heteroatoms. The lowest BCUT2D eigenvalue weighted by molar-refractivity contribution is -0.147. The lowest BCUT2D eigenvalue weighted by Crippen LogP contribution is -2.18. The summed E-state index contributed by atoms with van der Waals surface area (Å²) in [5.74, 6) is -1.20. The van der Waals surface area contributed by atoms with Gasteiger partial charge in [-0.2, -0.15) is 0 Å². The van der Waals surface area contributed by atoms with Gasteiger partial charge in [-0.15, -0.1) is 98.2 Å². The maximum absolute atomic E-state index is 11.1. The van der Waals surface area contributed by atoms with Gasteiger partial charge in [-0.1, -0.05) is 30.3 Å². The number of aliphatic hydroxyl groups excluding tert-OH is 1. The van der Waals surface area contributed by atoms with Crippen molar-refractivity contribution in [2.45, 2.75) is 20.5 Å². The molecule has 0 spiro atoms. The molecule has 12 unspecified atom stereocenters. The molecule has 0 aliphatic carbocycles. The van der Waals surface area contributed by atoms with Crippen LogP contribution in [0.2, 0.25) is 0 Å². The van der Waals surface area contributed by atoms with Crippen LogP contribution < -0.4 is 0 Å². The standard InChI is InChI=1S/C12H16O3.C5H10O3.H22P20/c1-10(12(13)14-2)8-15-9-11-6-4-3-5-7-11;1-4(3-6)5(7)8-2;1-12(2)17(11)20(18(13(3)4)14(5)6)19(15(7)8)16(9)10/h3-7,10H,8-9H2,1-2H3;4,6H,3H2,1-2H3;1-11H2/t10-;4-;/m11./s1. The third-order valence-corrected chi connectivity index (χ3v) is 130. The second-order valence-corrected chi connectivity index (χ2v) is 86.7. The summed E-state index contributed by atoms with van der Waals surface area (Å²) in [6, 6.07) is 9.86. The number of methoxy groups -OCH3 is 2. The van der Waals surface area contributed by atoms with Gasteiger partial charge in [-0.05, 0) is 82.3 Å². The summed E-state index contributed by atoms with van der Waals surface area (Å²) in [7, 11) is 37.4. The molecule has 1 aromatic rings. The van der Waals surface area contributed by atoms with Gasteiger partial charge in [0.25, 0.3) is 0 Å². The van der Waals surface area contributed by atoms with E-state index in [0.717, 1.165) is 5.56 Å². The van der Waals surface area contributed by atoms with Crippen LogP contribution in [-0.4, -0.2) is 44.5 Å². The highest BCUT2D eigenvalue weighted by molar-refractivity contribution is 9.36. The molecule has 0 aromatic heterocycles. The van der Waals surface area contributed by atoms with E-state index in [4.69, 9.17) is 9.84 Å². The van der Waals surface area contributed by atoms with E-state index in [9.17, 15) is 9.59 Å². The number of hydrogen-bond acceptors (Lipinski definition) is 6. The molecule has 1 rings (SSSR count). The predicted octanol–water partition coefficient (Wildman–Crippen LogP) is 13.1. The number of carbonyl (C=O) groups is 2. The highest BCUT2D eigenvalue weighted by Gasteiger charge is 2.41. The molecule has 0 saturated heterocycles. The van der Waals surface area contributed by atoms with Crippen LogP contribution in [0.5, 0.6) is 0 Å². The fourth-order valence-corrected chi connectivity index (χ4v) is 229. The first kappa shape index (κ1) is 51.8. The van der Waals surface area contributed by atoms with Crippen molar-refractivity contribution in [3.63, 3.8) is 0 Å². The molecule has 0 bridgehead atoms. The Labute approximate surface area is 295 Å². The zero-order chi connectivity index (χ0) is 33.9. The average Bonchev–Trinajstić information content (AvgIpc) is 2.95. The average molecular weight is 968 g/mol. The van der Waals surface area contributed by atoms with E-state index in [1.54, 1.807) is 13.8 Å². The molecule has 0 aliphatic rings. The van der Waals surface area contributed by atoms with Crippen molar-refractivity contribution in [1.29, 1.82) is 0 Å². The quantitative estimate of drug-likeness (QED) is 0.139. The third-order valence-electron chi connectivity index (χ3n) is 4.53. The van der Waals surface area contributed by atoms with Gasteiger partial charge in [-0.25, -0.2) is 0 Å². The lowest BCUT2D eigenvalue weighted by atomic mass is 10.2. The van der Waals surface area contributed by atoms with Gasteiger partial charge in [-0.3, -0.25) is 9.59 Å². The molecule has 0 amide bonds. The molecular weight excluding hydrogens is 920 g/mol. The van der Waals surface area contributed by atoms with Crippen molar-refractivity contribution < 1.29 is 28.9 Å². The monoisotopic (exact) mass is 968 g/mol. The highest BCUT2D eigenvalue weighted by Crippen LogP contribution is 3.30. The van der Waals surface area contributed by atoms with E-state index >= 15 is 0 Å². The molecule has 43 heavy (non-hydrogen) atoms. The zero-order valence-electron chi connectivity index (χ0n) is 24.5. The van der Waals surface area contributed by atoms with Crippen LogP contribution in [0.1, 0.15) is 19.4 Å². The Morgan fingerprint density at radius 3 is 1.37 bits per heavy atom. The molecule has 0 radical (unpaired) electrons. The molecular formula is C17H48O6P20. The molecule has 0 heterocycles. The first-order valence-corrected chi connectivity index (χ1v) is 47.3. The number of hydrogen-bond donors (Lipinski definition) is 1. The fraction of sp³-hybridized carbons (Fsp3) is 0.529. The fourth-order valence-electron chi connectivity index (χ4n) is 2.41. The number of esters is 2. The van der Waals surface area contributed by atoms with E-state index in [-0.39, 0.29) is 93.3 Å². The Morgan fingerprint density at radius 2 is 1.07 bits per heavy atom. The topological polar surface area (TPSA) is 82.1 Å². The van der Waals surface area contributed by atoms with E-state index in [0.29, 0.717) is 13.2 Å². The first-order valence-electron chi connectivity index (χ1n) is 11.8. The summed E-state index contributed by atoms with van der Waals surface area (Å²) >= 11 is 0. The molecule has 252 valence electrons. The third kappa shape index (κ3) is 23.9. The number of benzene rings is 1. The van der Waals surface area contributed by atoms with Crippen molar-refractivity contribution >= 4 is 173 Å². The lowest BCUT2D eigenvalue weighted by Gasteiger charge is -2.45. The zero-order valence-corrected chi connectivity index (χ0v) is 45.3. The molecule has 0 fully saturated rings. The Balaban J connectivity index is 0. The van der Waals surface area contributed by atoms with Crippen molar-refractivity contribution in [2.24, 2.45) is 11.8 Å². The van der Waals surface area contributed by atoms with E-state index < -0.39 is 0 Å². The van der Waals surface area contributed by atoms with Crippen LogP contribution in [0.25, 0.3) is 0 Å². The first-order chi connectivity index (χ1) is 20.0. The summed E-state index contributed by atoms with van der Waals surface area (Å²) in [6.45, 7) is 4.79. The second kappa shape index (κ2) is 31.1. The van der Waals surface area contributed by atoms with Crippen LogP contribution >= 0.6 is 161 Å². The molecule has 0 aliphatic heterocycles. The Hall–Kier alpha value is 6.68. The Kier molecular flexibility index (Phi) is 37.4. The minimum atomic E-state index is -0.389. The van der Waals surface area contributed by atoms with Gasteiger partial charge in [0.2, 0.25) is 0 Å². The number of carbonyl (C=O) groups excluding carboxylic acids is 2. The smallest absolute Gasteiger partial charge is 0.310 e. The van der Waals surface area contributed by atoms with Gasteiger partial charge in [0, 0.05) is 0 Å². The normalized spacial score (nSPS) is 13.7. The van der Waals surface area contributed by atoms with Gasteiger partial charge >= 0.3 is 11.9 Å². The largest absolute Gasteiger partial charge is 0.469 e. The summed E-state index contributed by atoms with van der Waals surface area (Å²) in [5, 5.41) is 8.34.